The summed E-state index contributed by atoms with van der Waals surface area (Å²) in [6.45, 7) is 8.45. The van der Waals surface area contributed by atoms with E-state index in [9.17, 15) is 9.59 Å². The summed E-state index contributed by atoms with van der Waals surface area (Å²) in [7, 11) is 0. The maximum absolute atomic E-state index is 11.7. The van der Waals surface area contributed by atoms with Crippen molar-refractivity contribution in [2.75, 3.05) is 106 Å². The summed E-state index contributed by atoms with van der Waals surface area (Å²) in [5.74, 6) is 2.34. The number of nitrogens with two attached hydrogens (primary N) is 1. The third-order valence-corrected chi connectivity index (χ3v) is 5.06. The lowest BCUT2D eigenvalue weighted by Gasteiger charge is -2.13. The van der Waals surface area contributed by atoms with Crippen LogP contribution in [0.5, 0.6) is 5.75 Å². The average Bonchev–Trinajstić information content (AvgIpc) is 2.94. The average molecular weight is 569 g/mol. The van der Waals surface area contributed by atoms with Crippen molar-refractivity contribution in [3.8, 4) is 18.1 Å². The minimum atomic E-state index is -0.527. The van der Waals surface area contributed by atoms with Gasteiger partial charge in [-0.15, -0.1) is 6.42 Å². The minimum Gasteiger partial charge on any atom is -0.481 e. The number of terminal acetylenes is 1. The number of hydrogen-bond acceptors (Lipinski definition) is 10. The van der Waals surface area contributed by atoms with Gasteiger partial charge in [-0.2, -0.15) is 0 Å². The topological polar surface area (TPSA) is 146 Å². The van der Waals surface area contributed by atoms with Crippen molar-refractivity contribution < 1.29 is 47.5 Å². The van der Waals surface area contributed by atoms with Crippen LogP contribution in [0.15, 0.2) is 18.2 Å². The van der Waals surface area contributed by atoms with Crippen molar-refractivity contribution in [1.29, 1.82) is 0 Å². The summed E-state index contributed by atoms with van der Waals surface area (Å²) in [5.41, 5.74) is 6.54. The van der Waals surface area contributed by atoms with Crippen molar-refractivity contribution >= 4 is 11.8 Å². The smallest absolute Gasteiger partial charge is 0.249 e. The number of primary amides is 1. The first-order valence-corrected chi connectivity index (χ1v) is 13.3. The van der Waals surface area contributed by atoms with Gasteiger partial charge in [-0.1, -0.05) is 12.0 Å². The highest BCUT2D eigenvalue weighted by Crippen LogP contribution is 2.23. The van der Waals surface area contributed by atoms with Gasteiger partial charge in [-0.25, -0.2) is 0 Å². The number of rotatable bonds is 27. The van der Waals surface area contributed by atoms with Crippen molar-refractivity contribution in [2.45, 2.75) is 13.3 Å². The fraction of sp³-hybridized carbons (Fsp3) is 0.643. The molecular weight excluding hydrogens is 524 g/mol. The van der Waals surface area contributed by atoms with Gasteiger partial charge >= 0.3 is 0 Å². The molecule has 0 spiro atoms. The zero-order valence-corrected chi connectivity index (χ0v) is 23.5. The monoisotopic (exact) mass is 568 g/mol. The van der Waals surface area contributed by atoms with Gasteiger partial charge in [0.15, 0.2) is 0 Å². The van der Waals surface area contributed by atoms with E-state index in [1.54, 1.807) is 18.2 Å². The van der Waals surface area contributed by atoms with Crippen LogP contribution in [0.1, 0.15) is 22.8 Å². The minimum absolute atomic E-state index is 0.0686. The van der Waals surface area contributed by atoms with E-state index in [-0.39, 0.29) is 12.5 Å². The number of benzene rings is 1. The SMILES string of the molecule is C#CCOc1cccc(C(N)=O)c1CCOCCOCCOCCOCCOCCOCCOCCNC(C)=O. The van der Waals surface area contributed by atoms with Crippen molar-refractivity contribution in [3.63, 3.8) is 0 Å². The molecule has 226 valence electrons. The van der Waals surface area contributed by atoms with Crippen LogP contribution in [-0.2, 0) is 44.4 Å². The van der Waals surface area contributed by atoms with Gasteiger partial charge in [0.05, 0.1) is 92.5 Å². The van der Waals surface area contributed by atoms with E-state index in [0.29, 0.717) is 122 Å². The number of carbonyl (C=O) groups is 2. The highest BCUT2D eigenvalue weighted by molar-refractivity contribution is 5.95. The Morgan fingerprint density at radius 2 is 1.20 bits per heavy atom. The number of nitrogens with one attached hydrogen (secondary N) is 1. The first-order valence-electron chi connectivity index (χ1n) is 13.3. The Hall–Kier alpha value is -2.76. The van der Waals surface area contributed by atoms with Crippen molar-refractivity contribution in [3.05, 3.63) is 29.3 Å². The van der Waals surface area contributed by atoms with E-state index >= 15 is 0 Å². The van der Waals surface area contributed by atoms with Crippen LogP contribution < -0.4 is 15.8 Å². The molecule has 0 saturated heterocycles. The van der Waals surface area contributed by atoms with Gasteiger partial charge in [0.1, 0.15) is 12.4 Å². The molecule has 0 fully saturated rings. The highest BCUT2D eigenvalue weighted by atomic mass is 16.6. The maximum atomic E-state index is 11.7. The zero-order chi connectivity index (χ0) is 29.1. The molecule has 1 rings (SSSR count). The largest absolute Gasteiger partial charge is 0.481 e. The third kappa shape index (κ3) is 19.3. The lowest BCUT2D eigenvalue weighted by Crippen LogP contribution is -2.25. The Balaban J connectivity index is 1.86. The normalized spacial score (nSPS) is 10.8. The standard InChI is InChI=1S/C28H44N2O10/c1-3-9-40-27-6-4-5-26(28(29)32)25(27)7-10-33-12-14-35-16-18-37-20-22-39-23-21-38-19-17-36-15-13-34-11-8-30-24(2)31/h1,4-6H,7-23H2,2H3,(H2,29,32)(H,30,31). The van der Waals surface area contributed by atoms with E-state index in [0.717, 1.165) is 0 Å². The predicted molar refractivity (Wildman–Crippen MR) is 147 cm³/mol. The highest BCUT2D eigenvalue weighted by Gasteiger charge is 2.13. The summed E-state index contributed by atoms with van der Waals surface area (Å²) >= 11 is 0. The fourth-order valence-corrected chi connectivity index (χ4v) is 3.20. The number of amides is 2. The van der Waals surface area contributed by atoms with Gasteiger partial charge in [0.2, 0.25) is 11.8 Å². The molecular formula is C28H44N2O10. The van der Waals surface area contributed by atoms with Gasteiger partial charge in [-0.05, 0) is 12.1 Å². The molecule has 0 aliphatic carbocycles. The third-order valence-electron chi connectivity index (χ3n) is 5.06. The summed E-state index contributed by atoms with van der Waals surface area (Å²) in [5, 5.41) is 2.65. The fourth-order valence-electron chi connectivity index (χ4n) is 3.20. The molecule has 12 nitrogen and oxygen atoms in total. The Kier molecular flexibility index (Phi) is 22.2. The van der Waals surface area contributed by atoms with Crippen LogP contribution in [-0.4, -0.2) is 117 Å². The summed E-state index contributed by atoms with van der Waals surface area (Å²) in [4.78, 5) is 22.4. The Morgan fingerprint density at radius 1 is 0.750 bits per heavy atom. The van der Waals surface area contributed by atoms with Crippen LogP contribution in [0, 0.1) is 12.3 Å². The molecule has 1 aromatic carbocycles. The van der Waals surface area contributed by atoms with E-state index in [1.165, 1.54) is 6.92 Å². The second-order valence-electron chi connectivity index (χ2n) is 8.16. The van der Waals surface area contributed by atoms with Crippen LogP contribution in [0.25, 0.3) is 0 Å². The molecule has 0 aromatic heterocycles. The van der Waals surface area contributed by atoms with Crippen LogP contribution in [0.4, 0.5) is 0 Å². The summed E-state index contributed by atoms with van der Waals surface area (Å²) in [6.07, 6.45) is 5.71. The van der Waals surface area contributed by atoms with Crippen molar-refractivity contribution in [1.82, 2.24) is 5.32 Å². The van der Waals surface area contributed by atoms with E-state index in [2.05, 4.69) is 11.2 Å². The lowest BCUT2D eigenvalue weighted by molar-refractivity contribution is -0.119. The van der Waals surface area contributed by atoms with Crippen molar-refractivity contribution in [2.24, 2.45) is 5.73 Å². The van der Waals surface area contributed by atoms with Crippen LogP contribution in [0.3, 0.4) is 0 Å². The first kappa shape index (κ1) is 35.3. The lowest BCUT2D eigenvalue weighted by atomic mass is 10.0. The van der Waals surface area contributed by atoms with Gasteiger partial charge < -0.3 is 48.9 Å². The van der Waals surface area contributed by atoms with E-state index < -0.39 is 5.91 Å². The summed E-state index contributed by atoms with van der Waals surface area (Å²) in [6, 6.07) is 5.10. The molecule has 0 bridgehead atoms. The van der Waals surface area contributed by atoms with Gasteiger partial charge in [0.25, 0.3) is 0 Å². The zero-order valence-electron chi connectivity index (χ0n) is 23.5. The Labute approximate surface area is 237 Å². The quantitative estimate of drug-likeness (QED) is 0.114. The number of ether oxygens (including phenoxy) is 8. The molecule has 1 aromatic rings. The Morgan fingerprint density at radius 3 is 1.62 bits per heavy atom. The molecule has 0 heterocycles. The summed E-state index contributed by atoms with van der Waals surface area (Å²) < 4.78 is 43.6. The number of hydrogen-bond donors (Lipinski definition) is 2. The maximum Gasteiger partial charge on any atom is 0.249 e. The molecule has 0 atom stereocenters. The second kappa shape index (κ2) is 25.2. The molecule has 40 heavy (non-hydrogen) atoms. The first-order chi connectivity index (χ1) is 19.6. The molecule has 0 radical (unpaired) electrons. The van der Waals surface area contributed by atoms with E-state index in [4.69, 9.17) is 50.1 Å². The molecule has 0 aliphatic rings. The van der Waals surface area contributed by atoms with Gasteiger partial charge in [0, 0.05) is 31.0 Å². The molecule has 0 unspecified atom stereocenters. The predicted octanol–water partition coefficient (Wildman–Crippen LogP) is 0.592. The number of carbonyl (C=O) groups excluding carboxylic acids is 2. The van der Waals surface area contributed by atoms with Crippen LogP contribution in [0.2, 0.25) is 0 Å². The molecule has 2 amide bonds. The molecule has 0 aliphatic heterocycles. The van der Waals surface area contributed by atoms with E-state index in [1.807, 2.05) is 0 Å². The molecule has 12 heteroatoms. The van der Waals surface area contributed by atoms with Gasteiger partial charge in [-0.3, -0.25) is 9.59 Å². The molecule has 3 N–H and O–H groups in total. The second-order valence-corrected chi connectivity index (χ2v) is 8.16. The Bertz CT molecular complexity index is 847. The van der Waals surface area contributed by atoms with Crippen LogP contribution >= 0.6 is 0 Å². The molecule has 0 saturated carbocycles.